The molecule has 1 aliphatic heterocycles. The Labute approximate surface area is 346 Å². The van der Waals surface area contributed by atoms with Crippen molar-refractivity contribution in [3.63, 3.8) is 0 Å². The molecular weight excluding hydrogens is 776 g/mol. The number of hydrogen-bond acceptors (Lipinski definition) is 12. The molecule has 2 atom stereocenters. The van der Waals surface area contributed by atoms with Crippen LogP contribution in [0.1, 0.15) is 16.7 Å². The Hall–Kier alpha value is -7.36. The zero-order valence-electron chi connectivity index (χ0n) is 34.1. The Morgan fingerprint density at radius 2 is 1.25 bits per heavy atom. The molecule has 0 bridgehead atoms. The standard InChI is InChI=1S/C22H24N2O6.C12H13NO4.C10H11NO2/c1-27-19-10-16-15(12-23-17(16)11-20(19)28-2)9-18(21(25)29-3)24-22(26)30-13-14-7-5-4-6-8-14;1-16-11(14)10-7-13(10)12(15)17-8-9-5-3-2-4-6-9;1-12-9-5-7-3-4-11-8(7)6-10(9)13-2/h4-8,10-12,18,23H,9,13H2,1-3H3,(H,24,26);2-6,10H,7-8H2,1H3;3-6,11H,1-2H3/t18-;10-,13?;/m10./s1. The van der Waals surface area contributed by atoms with Crippen molar-refractivity contribution < 1.29 is 57.1 Å². The van der Waals surface area contributed by atoms with E-state index in [9.17, 15) is 19.2 Å². The molecule has 2 aromatic heterocycles. The number of aromatic nitrogens is 2. The lowest BCUT2D eigenvalue weighted by molar-refractivity contribution is -0.143. The molecule has 0 aliphatic carbocycles. The van der Waals surface area contributed by atoms with Crippen molar-refractivity contribution in [2.75, 3.05) is 49.2 Å². The van der Waals surface area contributed by atoms with Gasteiger partial charge in [-0.2, -0.15) is 0 Å². The van der Waals surface area contributed by atoms with E-state index < -0.39 is 36.2 Å². The quantitative estimate of drug-likeness (QED) is 0.0648. The Kier molecular flexibility index (Phi) is 15.6. The number of carbonyl (C=O) groups excluding carboxylic acids is 4. The van der Waals surface area contributed by atoms with E-state index in [4.69, 9.17) is 33.2 Å². The van der Waals surface area contributed by atoms with Gasteiger partial charge in [-0.05, 0) is 34.9 Å². The molecule has 0 radical (unpaired) electrons. The Bertz CT molecular complexity index is 2310. The number of rotatable bonds is 13. The van der Waals surface area contributed by atoms with Crippen molar-refractivity contribution in [3.05, 3.63) is 120 Å². The summed E-state index contributed by atoms with van der Waals surface area (Å²) in [7, 11) is 8.95. The maximum Gasteiger partial charge on any atom is 0.411 e. The second-order valence-electron chi connectivity index (χ2n) is 13.1. The first kappa shape index (κ1) is 43.8. The van der Waals surface area contributed by atoms with Crippen LogP contribution in [-0.4, -0.2) is 100 Å². The van der Waals surface area contributed by atoms with Crippen LogP contribution in [0.15, 0.2) is 103 Å². The number of benzene rings is 4. The van der Waals surface area contributed by atoms with E-state index in [2.05, 4.69) is 20.0 Å². The molecule has 2 amide bonds. The summed E-state index contributed by atoms with van der Waals surface area (Å²) in [5.41, 5.74) is 4.44. The highest BCUT2D eigenvalue weighted by Crippen LogP contribution is 2.34. The first-order valence-corrected chi connectivity index (χ1v) is 18.6. The number of amides is 2. The molecule has 1 saturated heterocycles. The van der Waals surface area contributed by atoms with Crippen LogP contribution in [0, 0.1) is 0 Å². The number of carbonyl (C=O) groups is 4. The first-order valence-electron chi connectivity index (χ1n) is 18.6. The highest BCUT2D eigenvalue weighted by atomic mass is 16.6. The lowest BCUT2D eigenvalue weighted by atomic mass is 10.0. The highest BCUT2D eigenvalue weighted by Gasteiger charge is 2.46. The van der Waals surface area contributed by atoms with Crippen LogP contribution in [-0.2, 0) is 48.2 Å². The minimum atomic E-state index is -0.912. The van der Waals surface area contributed by atoms with Gasteiger partial charge in [0.25, 0.3) is 0 Å². The number of nitrogens with zero attached hydrogens (tertiary/aromatic N) is 1. The fraction of sp³-hybridized carbons (Fsp3) is 0.273. The van der Waals surface area contributed by atoms with Crippen LogP contribution in [0.5, 0.6) is 23.0 Å². The second kappa shape index (κ2) is 21.4. The minimum Gasteiger partial charge on any atom is -0.493 e. The summed E-state index contributed by atoms with van der Waals surface area (Å²) >= 11 is 0. The van der Waals surface area contributed by atoms with Crippen molar-refractivity contribution in [3.8, 4) is 23.0 Å². The molecule has 16 heteroatoms. The van der Waals surface area contributed by atoms with Gasteiger partial charge in [0.05, 0.1) is 49.2 Å². The molecule has 1 aliphatic rings. The number of alkyl carbamates (subject to hydrolysis) is 1. The zero-order valence-corrected chi connectivity index (χ0v) is 34.1. The molecule has 0 saturated carbocycles. The first-order chi connectivity index (χ1) is 29.1. The molecule has 0 spiro atoms. The monoisotopic (exact) mass is 824 g/mol. The fourth-order valence-electron chi connectivity index (χ4n) is 6.00. The minimum absolute atomic E-state index is 0.102. The van der Waals surface area contributed by atoms with Crippen LogP contribution in [0.4, 0.5) is 9.59 Å². The summed E-state index contributed by atoms with van der Waals surface area (Å²) in [6.45, 7) is 0.689. The highest BCUT2D eigenvalue weighted by molar-refractivity contribution is 5.89. The van der Waals surface area contributed by atoms with Crippen LogP contribution < -0.4 is 24.3 Å². The van der Waals surface area contributed by atoms with Crippen LogP contribution in [0.25, 0.3) is 21.8 Å². The Morgan fingerprint density at radius 3 is 1.83 bits per heavy atom. The van der Waals surface area contributed by atoms with Crippen molar-refractivity contribution >= 4 is 45.9 Å². The van der Waals surface area contributed by atoms with Gasteiger partial charge in [0.1, 0.15) is 19.3 Å². The number of esters is 2. The lowest BCUT2D eigenvalue weighted by Gasteiger charge is -2.16. The lowest BCUT2D eigenvalue weighted by Crippen LogP contribution is -2.43. The summed E-state index contributed by atoms with van der Waals surface area (Å²) in [4.78, 5) is 54.7. The maximum atomic E-state index is 12.3. The second-order valence-corrected chi connectivity index (χ2v) is 13.1. The van der Waals surface area contributed by atoms with Gasteiger partial charge in [0, 0.05) is 52.8 Å². The van der Waals surface area contributed by atoms with E-state index in [0.717, 1.165) is 50.0 Å². The third kappa shape index (κ3) is 11.6. The van der Waals surface area contributed by atoms with Crippen LogP contribution >= 0.6 is 0 Å². The summed E-state index contributed by atoms with van der Waals surface area (Å²) in [5.74, 6) is 1.69. The average Bonchev–Trinajstić information content (AvgIpc) is 3.81. The SMILES string of the molecule is COC(=O)[C@@H](Cc1c[nH]c2cc(OC)c(OC)cc12)NC(=O)OCc1ccccc1.COC(=O)[C@@H]1CN1C(=O)OCc1ccccc1.COc1cc2cc[nH]c2cc1OC. The number of methoxy groups -OCH3 is 6. The van der Waals surface area contributed by atoms with Crippen molar-refractivity contribution in [2.24, 2.45) is 0 Å². The van der Waals surface area contributed by atoms with Crippen molar-refractivity contribution in [1.29, 1.82) is 0 Å². The normalized spacial score (nSPS) is 13.0. The van der Waals surface area contributed by atoms with E-state index >= 15 is 0 Å². The van der Waals surface area contributed by atoms with Gasteiger partial charge in [-0.1, -0.05) is 60.7 Å². The fourth-order valence-corrected chi connectivity index (χ4v) is 6.00. The number of nitrogens with one attached hydrogen (secondary N) is 3. The van der Waals surface area contributed by atoms with Gasteiger partial charge in [-0.15, -0.1) is 0 Å². The number of ether oxygens (including phenoxy) is 8. The number of fused-ring (bicyclic) bond motifs is 2. The molecular formula is C44H48N4O12. The van der Waals surface area contributed by atoms with E-state index in [1.54, 1.807) is 34.6 Å². The van der Waals surface area contributed by atoms with Gasteiger partial charge in [-0.3, -0.25) is 4.90 Å². The predicted octanol–water partition coefficient (Wildman–Crippen LogP) is 6.56. The summed E-state index contributed by atoms with van der Waals surface area (Å²) in [6, 6.07) is 26.8. The van der Waals surface area contributed by atoms with E-state index in [1.807, 2.05) is 97.2 Å². The molecule has 3 heterocycles. The van der Waals surface area contributed by atoms with Crippen molar-refractivity contribution in [2.45, 2.75) is 31.7 Å². The largest absolute Gasteiger partial charge is 0.493 e. The van der Waals surface area contributed by atoms with Gasteiger partial charge in [0.15, 0.2) is 29.0 Å². The van der Waals surface area contributed by atoms with Crippen LogP contribution in [0.2, 0.25) is 0 Å². The summed E-state index contributed by atoms with van der Waals surface area (Å²) in [5, 5.41) is 4.56. The number of H-pyrrole nitrogens is 2. The summed E-state index contributed by atoms with van der Waals surface area (Å²) < 4.78 is 40.7. The van der Waals surface area contributed by atoms with E-state index in [1.165, 1.54) is 19.1 Å². The van der Waals surface area contributed by atoms with Gasteiger partial charge >= 0.3 is 24.1 Å². The predicted molar refractivity (Wildman–Crippen MR) is 221 cm³/mol. The summed E-state index contributed by atoms with van der Waals surface area (Å²) in [6.07, 6.45) is 2.69. The average molecular weight is 825 g/mol. The smallest absolute Gasteiger partial charge is 0.411 e. The Balaban J connectivity index is 0.000000190. The maximum absolute atomic E-state index is 12.3. The molecule has 0 unspecified atom stereocenters. The van der Waals surface area contributed by atoms with E-state index in [-0.39, 0.29) is 19.6 Å². The van der Waals surface area contributed by atoms with Crippen LogP contribution in [0.3, 0.4) is 0 Å². The third-order valence-electron chi connectivity index (χ3n) is 9.27. The molecule has 6 aromatic rings. The molecule has 4 aromatic carbocycles. The topological polar surface area (TPSA) is 189 Å². The molecule has 1 fully saturated rings. The van der Waals surface area contributed by atoms with Gasteiger partial charge < -0.3 is 53.2 Å². The molecule has 3 N–H and O–H groups in total. The molecule has 60 heavy (non-hydrogen) atoms. The molecule has 316 valence electrons. The van der Waals surface area contributed by atoms with E-state index in [0.29, 0.717) is 18.0 Å². The number of hydrogen-bond donors (Lipinski definition) is 3. The van der Waals surface area contributed by atoms with Gasteiger partial charge in [0.2, 0.25) is 0 Å². The van der Waals surface area contributed by atoms with Crippen molar-refractivity contribution in [1.82, 2.24) is 20.2 Å². The number of aromatic amines is 2. The van der Waals surface area contributed by atoms with Gasteiger partial charge in [-0.25, -0.2) is 19.2 Å². The zero-order chi connectivity index (χ0) is 43.0. The third-order valence-corrected chi connectivity index (χ3v) is 9.27. The molecule has 7 rings (SSSR count). The Morgan fingerprint density at radius 1 is 0.683 bits per heavy atom. The molecule has 16 nitrogen and oxygen atoms in total.